The van der Waals surface area contributed by atoms with E-state index in [1.54, 1.807) is 13.1 Å². The summed E-state index contributed by atoms with van der Waals surface area (Å²) in [5.74, 6) is -0.810. The highest BCUT2D eigenvalue weighted by atomic mass is 16.7. The van der Waals surface area contributed by atoms with Crippen molar-refractivity contribution in [3.63, 3.8) is 0 Å². The summed E-state index contributed by atoms with van der Waals surface area (Å²) in [6, 6.07) is 18.5. The molecule has 4 rings (SSSR count). The van der Waals surface area contributed by atoms with E-state index in [-0.39, 0.29) is 12.3 Å². The van der Waals surface area contributed by atoms with Gasteiger partial charge in [-0.2, -0.15) is 0 Å². The van der Waals surface area contributed by atoms with Gasteiger partial charge in [-0.05, 0) is 23.9 Å². The summed E-state index contributed by atoms with van der Waals surface area (Å²) < 4.78 is 5.00. The quantitative estimate of drug-likeness (QED) is 0.622. The monoisotopic (exact) mass is 417 g/mol. The molecule has 2 aromatic carbocycles. The second-order valence-corrected chi connectivity index (χ2v) is 7.57. The minimum Gasteiger partial charge on any atom is -0.466 e. The first-order valence-electron chi connectivity index (χ1n) is 10.0. The second-order valence-electron chi connectivity index (χ2n) is 7.57. The maximum absolute atomic E-state index is 12.9. The predicted octanol–water partition coefficient (Wildman–Crippen LogP) is 3.28. The number of ether oxygens (including phenoxy) is 1. The number of rotatable bonds is 6. The third-order valence-corrected chi connectivity index (χ3v) is 5.43. The van der Waals surface area contributed by atoms with Crippen molar-refractivity contribution < 1.29 is 19.2 Å². The van der Waals surface area contributed by atoms with Crippen molar-refractivity contribution in [1.29, 1.82) is 0 Å². The third-order valence-electron chi connectivity index (χ3n) is 5.43. The van der Waals surface area contributed by atoms with Gasteiger partial charge in [-0.3, -0.25) is 9.78 Å². The fraction of sp³-hybridized carbons (Fsp3) is 0.250. The van der Waals surface area contributed by atoms with Crippen LogP contribution in [-0.2, 0) is 20.8 Å². The van der Waals surface area contributed by atoms with E-state index in [2.05, 4.69) is 15.5 Å². The first kappa shape index (κ1) is 20.5. The highest BCUT2D eigenvalue weighted by Crippen LogP contribution is 2.31. The molecule has 0 spiro atoms. The largest absolute Gasteiger partial charge is 0.466 e. The normalized spacial score (nSPS) is 18.7. The summed E-state index contributed by atoms with van der Waals surface area (Å²) in [6.45, 7) is 1.81. The minimum absolute atomic E-state index is 0.221. The van der Waals surface area contributed by atoms with E-state index >= 15 is 0 Å². The average molecular weight is 417 g/mol. The van der Waals surface area contributed by atoms with Crippen molar-refractivity contribution in [2.75, 3.05) is 7.11 Å². The number of pyridine rings is 1. The fourth-order valence-electron chi connectivity index (χ4n) is 3.77. The van der Waals surface area contributed by atoms with E-state index < -0.39 is 17.6 Å². The summed E-state index contributed by atoms with van der Waals surface area (Å²) in [4.78, 5) is 35.4. The zero-order chi connectivity index (χ0) is 21.8. The maximum Gasteiger partial charge on any atom is 0.353 e. The lowest BCUT2D eigenvalue weighted by Crippen LogP contribution is -2.45. The van der Waals surface area contributed by atoms with Gasteiger partial charge in [-0.15, -0.1) is 0 Å². The molecular formula is C24H23N3O4. The molecule has 2 unspecified atom stereocenters. The molecule has 1 amide bonds. The van der Waals surface area contributed by atoms with E-state index in [4.69, 9.17) is 9.57 Å². The Hall–Kier alpha value is -3.74. The van der Waals surface area contributed by atoms with Crippen LogP contribution in [0.25, 0.3) is 10.8 Å². The molecule has 7 nitrogen and oxygen atoms in total. The minimum atomic E-state index is -1.25. The zero-order valence-electron chi connectivity index (χ0n) is 17.4. The van der Waals surface area contributed by atoms with Crippen LogP contribution in [0.1, 0.15) is 29.4 Å². The number of fused-ring (bicyclic) bond motifs is 1. The number of nitrogens with one attached hydrogen (secondary N) is 1. The van der Waals surface area contributed by atoms with E-state index in [0.717, 1.165) is 16.3 Å². The highest BCUT2D eigenvalue weighted by Gasteiger charge is 2.48. The lowest BCUT2D eigenvalue weighted by Gasteiger charge is -2.24. The standard InChI is InChI=1S/C24H23N3O4/c1-16(26-22(28)21-19-11-7-6-10-18(19)12-13-25-21)20-15-24(31-27-20,23(29)30-2)14-17-8-4-3-5-9-17/h3-13,16H,14-15H2,1-2H3,(H,26,28). The van der Waals surface area contributed by atoms with Crippen LogP contribution in [0, 0.1) is 0 Å². The topological polar surface area (TPSA) is 89.9 Å². The summed E-state index contributed by atoms with van der Waals surface area (Å²) >= 11 is 0. The van der Waals surface area contributed by atoms with Crippen LogP contribution >= 0.6 is 0 Å². The Morgan fingerprint density at radius 3 is 2.65 bits per heavy atom. The molecule has 1 aromatic heterocycles. The highest BCUT2D eigenvalue weighted by molar-refractivity contribution is 6.07. The van der Waals surface area contributed by atoms with Crippen LogP contribution in [0.3, 0.4) is 0 Å². The number of amides is 1. The van der Waals surface area contributed by atoms with E-state index in [0.29, 0.717) is 17.8 Å². The smallest absolute Gasteiger partial charge is 0.353 e. The number of aromatic nitrogens is 1. The van der Waals surface area contributed by atoms with E-state index in [9.17, 15) is 9.59 Å². The van der Waals surface area contributed by atoms with Gasteiger partial charge in [0.15, 0.2) is 0 Å². The van der Waals surface area contributed by atoms with Crippen molar-refractivity contribution >= 4 is 28.4 Å². The Bertz CT molecular complexity index is 1140. The number of oxime groups is 1. The lowest BCUT2D eigenvalue weighted by molar-refractivity contribution is -0.166. The fourth-order valence-corrected chi connectivity index (χ4v) is 3.77. The molecule has 0 saturated carbocycles. The van der Waals surface area contributed by atoms with Gasteiger partial charge in [0.05, 0.1) is 18.9 Å². The molecule has 2 atom stereocenters. The Morgan fingerprint density at radius 1 is 1.13 bits per heavy atom. The van der Waals surface area contributed by atoms with Gasteiger partial charge in [-0.1, -0.05) is 59.8 Å². The van der Waals surface area contributed by atoms with E-state index in [1.807, 2.05) is 60.7 Å². The summed E-state index contributed by atoms with van der Waals surface area (Å²) in [6.07, 6.45) is 2.15. The number of nitrogens with zero attached hydrogens (tertiary/aromatic N) is 2. The number of carbonyl (C=O) groups excluding carboxylic acids is 2. The average Bonchev–Trinajstić information content (AvgIpc) is 3.24. The predicted molar refractivity (Wildman–Crippen MR) is 117 cm³/mol. The van der Waals surface area contributed by atoms with Crippen molar-refractivity contribution in [3.05, 3.63) is 78.1 Å². The third kappa shape index (κ3) is 4.12. The van der Waals surface area contributed by atoms with Gasteiger partial charge in [0, 0.05) is 24.4 Å². The van der Waals surface area contributed by atoms with Crippen LogP contribution in [0.15, 0.2) is 72.0 Å². The molecule has 2 heterocycles. The molecule has 0 bridgehead atoms. The van der Waals surface area contributed by atoms with Crippen molar-refractivity contribution in [1.82, 2.24) is 10.3 Å². The first-order chi connectivity index (χ1) is 15.0. The summed E-state index contributed by atoms with van der Waals surface area (Å²) in [5.41, 5.74) is 0.589. The molecule has 0 radical (unpaired) electrons. The van der Waals surface area contributed by atoms with Crippen LogP contribution in [-0.4, -0.2) is 41.3 Å². The van der Waals surface area contributed by atoms with Gasteiger partial charge >= 0.3 is 5.97 Å². The molecule has 0 fully saturated rings. The molecule has 0 saturated heterocycles. The number of benzene rings is 2. The van der Waals surface area contributed by atoms with Crippen LogP contribution < -0.4 is 5.32 Å². The number of methoxy groups -OCH3 is 1. The molecule has 31 heavy (non-hydrogen) atoms. The van der Waals surface area contributed by atoms with Crippen molar-refractivity contribution in [2.45, 2.75) is 31.4 Å². The van der Waals surface area contributed by atoms with Crippen LogP contribution in [0.5, 0.6) is 0 Å². The molecule has 7 heteroatoms. The molecule has 1 N–H and O–H groups in total. The number of esters is 1. The van der Waals surface area contributed by atoms with Crippen LogP contribution in [0.4, 0.5) is 0 Å². The number of hydrogen-bond acceptors (Lipinski definition) is 6. The van der Waals surface area contributed by atoms with Gasteiger partial charge in [0.25, 0.3) is 5.91 Å². The number of hydrogen-bond donors (Lipinski definition) is 1. The van der Waals surface area contributed by atoms with Gasteiger partial charge < -0.3 is 14.9 Å². The first-order valence-corrected chi connectivity index (χ1v) is 10.0. The summed E-state index contributed by atoms with van der Waals surface area (Å²) in [5, 5.41) is 8.77. The number of carbonyl (C=O) groups is 2. The van der Waals surface area contributed by atoms with E-state index in [1.165, 1.54) is 7.11 Å². The lowest BCUT2D eigenvalue weighted by atomic mass is 9.88. The molecule has 3 aromatic rings. The van der Waals surface area contributed by atoms with Gasteiger partial charge in [-0.25, -0.2) is 4.79 Å². The van der Waals surface area contributed by atoms with Gasteiger partial charge in [0.1, 0.15) is 5.69 Å². The molecule has 158 valence electrons. The Labute approximate surface area is 180 Å². The maximum atomic E-state index is 12.9. The Kier molecular flexibility index (Phi) is 5.66. The van der Waals surface area contributed by atoms with Crippen molar-refractivity contribution in [3.8, 4) is 0 Å². The molecular weight excluding hydrogens is 394 g/mol. The molecule has 1 aliphatic rings. The summed E-state index contributed by atoms with van der Waals surface area (Å²) in [7, 11) is 1.33. The van der Waals surface area contributed by atoms with Crippen LogP contribution in [0.2, 0.25) is 0 Å². The van der Waals surface area contributed by atoms with Crippen molar-refractivity contribution in [2.24, 2.45) is 5.16 Å². The Balaban J connectivity index is 1.50. The second kappa shape index (κ2) is 8.55. The molecule has 0 aliphatic carbocycles. The van der Waals surface area contributed by atoms with Gasteiger partial charge in [0.2, 0.25) is 5.60 Å². The SMILES string of the molecule is COC(=O)C1(Cc2ccccc2)CC(C(C)NC(=O)c2nccc3ccccc23)=NO1. The Morgan fingerprint density at radius 2 is 1.87 bits per heavy atom. The molecule has 1 aliphatic heterocycles. The zero-order valence-corrected chi connectivity index (χ0v) is 17.4.